The van der Waals surface area contributed by atoms with Gasteiger partial charge >= 0.3 is 0 Å². The highest BCUT2D eigenvalue weighted by molar-refractivity contribution is 6.08. The minimum Gasteiger partial charge on any atom is -0.508 e. The molecule has 242 valence electrons. The Morgan fingerprint density at radius 3 is 2.60 bits per heavy atom. The van der Waals surface area contributed by atoms with Crippen LogP contribution < -0.4 is 21.1 Å². The number of fused-ring (bicyclic) bond motifs is 1. The van der Waals surface area contributed by atoms with E-state index >= 15 is 0 Å². The van der Waals surface area contributed by atoms with Crippen LogP contribution in [0.5, 0.6) is 17.2 Å². The van der Waals surface area contributed by atoms with Crippen LogP contribution in [0.3, 0.4) is 0 Å². The van der Waals surface area contributed by atoms with E-state index < -0.39 is 18.4 Å². The van der Waals surface area contributed by atoms with E-state index in [4.69, 9.17) is 21.2 Å². The summed E-state index contributed by atoms with van der Waals surface area (Å²) in [6, 6.07) is 11.1. The van der Waals surface area contributed by atoms with Crippen molar-refractivity contribution in [2.24, 2.45) is 16.5 Å². The average molecular weight is 620 g/mol. The number of benzene rings is 2. The van der Waals surface area contributed by atoms with Gasteiger partial charge in [0.05, 0.1) is 23.9 Å². The van der Waals surface area contributed by atoms with Gasteiger partial charge in [-0.2, -0.15) is 0 Å². The predicted octanol–water partition coefficient (Wildman–Crippen LogP) is 2.79. The number of hydrogen-bond acceptors (Lipinski definition) is 9. The van der Waals surface area contributed by atoms with Gasteiger partial charge in [0.15, 0.2) is 11.5 Å². The number of aromatic hydroxyl groups is 2. The molecule has 0 bridgehead atoms. The summed E-state index contributed by atoms with van der Waals surface area (Å²) in [4.78, 5) is 18.3. The third-order valence-corrected chi connectivity index (χ3v) is 9.37. The number of aliphatic imine (C=N–C) groups is 1. The molecule has 3 aliphatic rings. The summed E-state index contributed by atoms with van der Waals surface area (Å²) in [6.07, 6.45) is 8.27. The van der Waals surface area contributed by atoms with Crippen LogP contribution in [0.15, 0.2) is 64.9 Å². The Kier molecular flexibility index (Phi) is 10.4. The average Bonchev–Trinajstić information content (AvgIpc) is 3.73. The zero-order chi connectivity index (χ0) is 32.1. The lowest BCUT2D eigenvalue weighted by Crippen LogP contribution is -3.07. The van der Waals surface area contributed by atoms with Crippen molar-refractivity contribution in [3.8, 4) is 17.2 Å². The summed E-state index contributed by atoms with van der Waals surface area (Å²) >= 11 is 0. The molecule has 3 atom stereocenters. The van der Waals surface area contributed by atoms with Gasteiger partial charge in [-0.25, -0.2) is 0 Å². The van der Waals surface area contributed by atoms with E-state index in [2.05, 4.69) is 18.3 Å². The summed E-state index contributed by atoms with van der Waals surface area (Å²) in [5.41, 5.74) is 17.8. The molecule has 0 amide bonds. The number of aliphatic hydroxyl groups is 2. The Bertz CT molecular complexity index is 1480. The molecule has 5 rings (SSSR count). The van der Waals surface area contributed by atoms with E-state index in [-0.39, 0.29) is 60.9 Å². The molecular formula is C35H47N4O6+. The van der Waals surface area contributed by atoms with Crippen molar-refractivity contribution in [2.75, 3.05) is 13.3 Å². The maximum Gasteiger partial charge on any atom is 0.227 e. The Morgan fingerprint density at radius 1 is 1.09 bits per heavy atom. The van der Waals surface area contributed by atoms with Crippen molar-refractivity contribution in [2.45, 2.75) is 94.9 Å². The number of ketones is 1. The number of phenols is 2. The standard InChI is InChI=1S/C35H46N4O6/c1-2-6-25(40)15-27(42)16-26(41)10-9-22-14-33(32(44)17-31(22)43)45-21-39-19-28-29(18-38-30(28)20-39)35(11-3-4-12-35)24-8-5-7-23(13-24)34(36)37/h5,7-8,13-14,17-19,25,27,34,40,42-44H,2-4,6,9-12,15-16,20-21,36-37H2,1H3/p+1. The number of aryl methyl sites for hydroxylation is 1. The van der Waals surface area contributed by atoms with E-state index in [9.17, 15) is 25.2 Å². The topological polar surface area (TPSA) is 176 Å². The molecule has 2 aliphatic heterocycles. The maximum atomic E-state index is 12.5. The SMILES string of the molecule is CCCC(O)CC(O)CC(=O)CCc1cc(OC[NH+]2C=C3C(C4(c5cccc(C(N)N)c5)CCCC4)=CN=C3C2)c(O)cc1O. The Balaban J connectivity index is 1.22. The van der Waals surface area contributed by atoms with Crippen LogP contribution in [-0.4, -0.2) is 57.4 Å². The number of allylic oxidation sites excluding steroid dienone is 1. The molecule has 1 fully saturated rings. The van der Waals surface area contributed by atoms with Gasteiger partial charge in [0.25, 0.3) is 0 Å². The van der Waals surface area contributed by atoms with Crippen LogP contribution in [0, 0.1) is 0 Å². The molecule has 1 aliphatic carbocycles. The zero-order valence-corrected chi connectivity index (χ0v) is 26.0. The van der Waals surface area contributed by atoms with Crippen molar-refractivity contribution < 1.29 is 34.9 Å². The van der Waals surface area contributed by atoms with Gasteiger partial charge < -0.3 is 36.6 Å². The van der Waals surface area contributed by atoms with Crippen LogP contribution in [0.2, 0.25) is 0 Å². The highest BCUT2D eigenvalue weighted by Gasteiger charge is 2.45. The smallest absolute Gasteiger partial charge is 0.227 e. The Hall–Kier alpha value is -3.54. The molecular weight excluding hydrogens is 572 g/mol. The Labute approximate surface area is 264 Å². The minimum atomic E-state index is -0.902. The first-order valence-corrected chi connectivity index (χ1v) is 16.1. The van der Waals surface area contributed by atoms with Gasteiger partial charge in [-0.05, 0) is 60.4 Å². The van der Waals surface area contributed by atoms with Crippen molar-refractivity contribution >= 4 is 11.5 Å². The second-order valence-corrected chi connectivity index (χ2v) is 12.8. The molecule has 45 heavy (non-hydrogen) atoms. The van der Waals surface area contributed by atoms with Crippen LogP contribution >= 0.6 is 0 Å². The molecule has 2 heterocycles. The molecule has 9 N–H and O–H groups in total. The number of rotatable bonds is 15. The number of nitrogens with zero attached hydrogens (tertiary/aromatic N) is 1. The van der Waals surface area contributed by atoms with Crippen LogP contribution in [0.4, 0.5) is 0 Å². The van der Waals surface area contributed by atoms with Gasteiger partial charge in [-0.15, -0.1) is 0 Å². The molecule has 2 aromatic rings. The number of carbonyl (C=O) groups excluding carboxylic acids is 1. The Morgan fingerprint density at radius 2 is 1.87 bits per heavy atom. The summed E-state index contributed by atoms with van der Waals surface area (Å²) in [5.74, 6) is -0.249. The number of hydrogen-bond donors (Lipinski definition) is 7. The fraction of sp³-hybridized carbons (Fsp3) is 0.486. The minimum absolute atomic E-state index is 0.0520. The molecule has 3 unspecified atom stereocenters. The van der Waals surface area contributed by atoms with Gasteiger partial charge in [0, 0.05) is 30.5 Å². The third-order valence-electron chi connectivity index (χ3n) is 9.37. The number of phenolic OH excluding ortho intramolecular Hbond substituents is 2. The molecule has 0 spiro atoms. The lowest BCUT2D eigenvalue weighted by molar-refractivity contribution is -0.851. The maximum absolute atomic E-state index is 12.5. The fourth-order valence-electron chi connectivity index (χ4n) is 6.99. The van der Waals surface area contributed by atoms with Crippen molar-refractivity contribution in [3.63, 3.8) is 0 Å². The zero-order valence-electron chi connectivity index (χ0n) is 26.0. The number of nitrogens with two attached hydrogens (primary N) is 2. The van der Waals surface area contributed by atoms with Gasteiger partial charge in [0.2, 0.25) is 6.73 Å². The van der Waals surface area contributed by atoms with E-state index in [1.54, 1.807) is 6.07 Å². The van der Waals surface area contributed by atoms with Crippen molar-refractivity contribution in [1.29, 1.82) is 0 Å². The third kappa shape index (κ3) is 7.48. The predicted molar refractivity (Wildman–Crippen MR) is 172 cm³/mol. The van der Waals surface area contributed by atoms with Crippen molar-refractivity contribution in [3.05, 3.63) is 76.6 Å². The fourth-order valence-corrected chi connectivity index (χ4v) is 6.99. The molecule has 0 aromatic heterocycles. The summed E-state index contributed by atoms with van der Waals surface area (Å²) in [5, 5.41) is 41.0. The largest absolute Gasteiger partial charge is 0.508 e. The van der Waals surface area contributed by atoms with Gasteiger partial charge in [0.1, 0.15) is 30.0 Å². The molecule has 10 nitrogen and oxygen atoms in total. The van der Waals surface area contributed by atoms with E-state index in [1.807, 2.05) is 25.3 Å². The van der Waals surface area contributed by atoms with E-state index in [0.29, 0.717) is 18.5 Å². The lowest BCUT2D eigenvalue weighted by Gasteiger charge is -2.32. The number of quaternary nitrogens is 1. The number of carbonyl (C=O) groups is 1. The molecule has 0 saturated heterocycles. The van der Waals surface area contributed by atoms with Crippen LogP contribution in [-0.2, 0) is 16.6 Å². The molecule has 2 aromatic carbocycles. The first-order chi connectivity index (χ1) is 21.6. The number of aliphatic hydroxyl groups excluding tert-OH is 2. The van der Waals surface area contributed by atoms with Crippen LogP contribution in [0.25, 0.3) is 0 Å². The number of ether oxygens (including phenoxy) is 1. The van der Waals surface area contributed by atoms with Crippen LogP contribution in [0.1, 0.15) is 87.6 Å². The molecule has 0 radical (unpaired) electrons. The first kappa shape index (κ1) is 32.8. The van der Waals surface area contributed by atoms with E-state index in [1.165, 1.54) is 17.2 Å². The summed E-state index contributed by atoms with van der Waals surface area (Å²) in [7, 11) is 0. The number of nitrogens with one attached hydrogen (secondary N) is 1. The molecule has 10 heteroatoms. The normalized spacial score (nSPS) is 20.0. The number of Topliss-reactive ketones (excluding diaryl/α,β-unsaturated/α-hetero) is 1. The first-order valence-electron chi connectivity index (χ1n) is 16.1. The summed E-state index contributed by atoms with van der Waals surface area (Å²) < 4.78 is 6.03. The second-order valence-electron chi connectivity index (χ2n) is 12.8. The quantitative estimate of drug-likeness (QED) is 0.149. The van der Waals surface area contributed by atoms with Gasteiger partial charge in [-0.3, -0.25) is 14.7 Å². The van der Waals surface area contributed by atoms with Crippen molar-refractivity contribution in [1.82, 2.24) is 0 Å². The van der Waals surface area contributed by atoms with E-state index in [0.717, 1.165) is 53.9 Å². The van der Waals surface area contributed by atoms with Gasteiger partial charge in [-0.1, -0.05) is 50.5 Å². The summed E-state index contributed by atoms with van der Waals surface area (Å²) in [6.45, 7) is 2.84. The highest BCUT2D eigenvalue weighted by Crippen LogP contribution is 2.50. The highest BCUT2D eigenvalue weighted by atomic mass is 16.5. The lowest BCUT2D eigenvalue weighted by atomic mass is 9.70. The monoisotopic (exact) mass is 619 g/mol. The molecule has 1 saturated carbocycles. The second kappa shape index (κ2) is 14.3.